The van der Waals surface area contributed by atoms with Crippen LogP contribution in [0.2, 0.25) is 0 Å². The van der Waals surface area contributed by atoms with Crippen molar-refractivity contribution in [1.82, 2.24) is 0 Å². The van der Waals surface area contributed by atoms with Crippen LogP contribution in [0.1, 0.15) is 31.2 Å². The minimum absolute atomic E-state index is 0.315. The Labute approximate surface area is 114 Å². The van der Waals surface area contributed by atoms with Crippen LogP contribution in [0.3, 0.4) is 0 Å². The van der Waals surface area contributed by atoms with Crippen molar-refractivity contribution in [3.8, 4) is 0 Å². The van der Waals surface area contributed by atoms with E-state index in [0.717, 1.165) is 12.0 Å². The SMILES string of the molecule is O[C@@H](COCc1ccccc1)C[C@H]1CCCCS1. The molecule has 1 heterocycles. The van der Waals surface area contributed by atoms with Gasteiger partial charge in [-0.15, -0.1) is 0 Å². The fourth-order valence-electron chi connectivity index (χ4n) is 2.25. The van der Waals surface area contributed by atoms with Crippen molar-refractivity contribution in [3.05, 3.63) is 35.9 Å². The highest BCUT2D eigenvalue weighted by Gasteiger charge is 2.17. The van der Waals surface area contributed by atoms with E-state index < -0.39 is 0 Å². The monoisotopic (exact) mass is 266 g/mol. The minimum atomic E-state index is -0.315. The first kappa shape index (κ1) is 13.9. The van der Waals surface area contributed by atoms with Crippen LogP contribution >= 0.6 is 11.8 Å². The van der Waals surface area contributed by atoms with Crippen molar-refractivity contribution < 1.29 is 9.84 Å². The van der Waals surface area contributed by atoms with Crippen LogP contribution in [0, 0.1) is 0 Å². The Balaban J connectivity index is 1.61. The molecule has 1 aliphatic heterocycles. The Hall–Kier alpha value is -0.510. The summed E-state index contributed by atoms with van der Waals surface area (Å²) in [5, 5.41) is 10.6. The van der Waals surface area contributed by atoms with Crippen LogP contribution in [0.4, 0.5) is 0 Å². The van der Waals surface area contributed by atoms with Gasteiger partial charge >= 0.3 is 0 Å². The lowest BCUT2D eigenvalue weighted by Crippen LogP contribution is -2.22. The van der Waals surface area contributed by atoms with E-state index in [2.05, 4.69) is 0 Å². The van der Waals surface area contributed by atoms with Gasteiger partial charge in [-0.25, -0.2) is 0 Å². The first-order chi connectivity index (χ1) is 8.84. The lowest BCUT2D eigenvalue weighted by molar-refractivity contribution is 0.0240. The second-order valence-electron chi connectivity index (χ2n) is 4.88. The highest BCUT2D eigenvalue weighted by Crippen LogP contribution is 2.28. The van der Waals surface area contributed by atoms with E-state index in [9.17, 15) is 5.11 Å². The fourth-order valence-corrected chi connectivity index (χ4v) is 3.65. The van der Waals surface area contributed by atoms with Crippen LogP contribution < -0.4 is 0 Å². The molecular weight excluding hydrogens is 244 g/mol. The molecule has 100 valence electrons. The van der Waals surface area contributed by atoms with Gasteiger partial charge in [0, 0.05) is 5.25 Å². The molecule has 1 saturated heterocycles. The summed E-state index contributed by atoms with van der Waals surface area (Å²) >= 11 is 2.01. The van der Waals surface area contributed by atoms with Gasteiger partial charge in [-0.3, -0.25) is 0 Å². The number of ether oxygens (including phenoxy) is 1. The third-order valence-corrected chi connectivity index (χ3v) is 4.65. The summed E-state index contributed by atoms with van der Waals surface area (Å²) in [6.07, 6.45) is 4.46. The van der Waals surface area contributed by atoms with E-state index in [1.165, 1.54) is 25.0 Å². The van der Waals surface area contributed by atoms with Crippen molar-refractivity contribution in [1.29, 1.82) is 0 Å². The maximum absolute atomic E-state index is 9.94. The maximum Gasteiger partial charge on any atom is 0.0784 e. The van der Waals surface area contributed by atoms with Crippen molar-refractivity contribution in [3.63, 3.8) is 0 Å². The minimum Gasteiger partial charge on any atom is -0.391 e. The number of rotatable bonds is 6. The molecule has 0 spiro atoms. The topological polar surface area (TPSA) is 29.5 Å². The highest BCUT2D eigenvalue weighted by molar-refractivity contribution is 7.99. The van der Waals surface area contributed by atoms with Gasteiger partial charge in [-0.2, -0.15) is 11.8 Å². The molecule has 0 aromatic heterocycles. The van der Waals surface area contributed by atoms with Crippen LogP contribution in [0.5, 0.6) is 0 Å². The van der Waals surface area contributed by atoms with Gasteiger partial charge in [0.05, 0.1) is 19.3 Å². The Morgan fingerprint density at radius 2 is 2.11 bits per heavy atom. The number of aliphatic hydroxyl groups excluding tert-OH is 1. The molecule has 0 unspecified atom stereocenters. The summed E-state index contributed by atoms with van der Waals surface area (Å²) < 4.78 is 5.56. The molecule has 0 bridgehead atoms. The van der Waals surface area contributed by atoms with Crippen molar-refractivity contribution in [2.75, 3.05) is 12.4 Å². The Morgan fingerprint density at radius 1 is 1.28 bits per heavy atom. The van der Waals surface area contributed by atoms with Gasteiger partial charge in [-0.1, -0.05) is 36.8 Å². The predicted octanol–water partition coefficient (Wildman–Crippen LogP) is 3.24. The number of hydrogen-bond donors (Lipinski definition) is 1. The number of hydrogen-bond acceptors (Lipinski definition) is 3. The Morgan fingerprint density at radius 3 is 2.83 bits per heavy atom. The van der Waals surface area contributed by atoms with Gasteiger partial charge in [0.25, 0.3) is 0 Å². The second kappa shape index (κ2) is 7.82. The fraction of sp³-hybridized carbons (Fsp3) is 0.600. The number of thioether (sulfide) groups is 1. The van der Waals surface area contributed by atoms with E-state index in [-0.39, 0.29) is 6.10 Å². The molecule has 18 heavy (non-hydrogen) atoms. The van der Waals surface area contributed by atoms with Gasteiger partial charge in [0.15, 0.2) is 0 Å². The molecule has 1 N–H and O–H groups in total. The molecule has 1 aromatic rings. The van der Waals surface area contributed by atoms with E-state index in [1.54, 1.807) is 0 Å². The van der Waals surface area contributed by atoms with Crippen LogP contribution in [0.25, 0.3) is 0 Å². The first-order valence-corrected chi connectivity index (χ1v) is 7.81. The van der Waals surface area contributed by atoms with Crippen LogP contribution in [-0.4, -0.2) is 28.8 Å². The molecule has 1 aromatic carbocycles. The van der Waals surface area contributed by atoms with E-state index in [4.69, 9.17) is 4.74 Å². The van der Waals surface area contributed by atoms with E-state index in [0.29, 0.717) is 18.5 Å². The molecule has 0 aliphatic carbocycles. The molecule has 0 amide bonds. The second-order valence-corrected chi connectivity index (χ2v) is 6.29. The molecule has 0 saturated carbocycles. The summed E-state index contributed by atoms with van der Waals surface area (Å²) in [6, 6.07) is 10.1. The van der Waals surface area contributed by atoms with Crippen LogP contribution in [-0.2, 0) is 11.3 Å². The third kappa shape index (κ3) is 5.01. The average molecular weight is 266 g/mol. The molecule has 2 atom stereocenters. The van der Waals surface area contributed by atoms with Crippen molar-refractivity contribution in [2.24, 2.45) is 0 Å². The van der Waals surface area contributed by atoms with Gasteiger partial charge in [0.2, 0.25) is 0 Å². The lowest BCUT2D eigenvalue weighted by Gasteiger charge is -2.23. The molecular formula is C15H22O2S. The predicted molar refractivity (Wildman–Crippen MR) is 76.8 cm³/mol. The maximum atomic E-state index is 9.94. The highest BCUT2D eigenvalue weighted by atomic mass is 32.2. The lowest BCUT2D eigenvalue weighted by atomic mass is 10.1. The summed E-state index contributed by atoms with van der Waals surface area (Å²) in [5.41, 5.74) is 1.16. The summed E-state index contributed by atoms with van der Waals surface area (Å²) in [4.78, 5) is 0. The van der Waals surface area contributed by atoms with Gasteiger partial charge in [-0.05, 0) is 30.6 Å². The molecule has 2 rings (SSSR count). The molecule has 2 nitrogen and oxygen atoms in total. The zero-order valence-electron chi connectivity index (χ0n) is 10.8. The zero-order chi connectivity index (χ0) is 12.6. The third-order valence-electron chi connectivity index (χ3n) is 3.23. The van der Waals surface area contributed by atoms with E-state index >= 15 is 0 Å². The standard InChI is InChI=1S/C15H22O2S/c16-14(10-15-8-4-5-9-18-15)12-17-11-13-6-2-1-3-7-13/h1-3,6-7,14-16H,4-5,8-12H2/t14-,15-/m1/s1. The summed E-state index contributed by atoms with van der Waals surface area (Å²) in [5.74, 6) is 1.25. The molecule has 1 aliphatic rings. The zero-order valence-corrected chi connectivity index (χ0v) is 11.6. The number of aliphatic hydroxyl groups is 1. The quantitative estimate of drug-likeness (QED) is 0.857. The van der Waals surface area contributed by atoms with Crippen LogP contribution in [0.15, 0.2) is 30.3 Å². The molecule has 0 radical (unpaired) electrons. The largest absolute Gasteiger partial charge is 0.391 e. The summed E-state index contributed by atoms with van der Waals surface area (Å²) in [6.45, 7) is 1.04. The smallest absolute Gasteiger partial charge is 0.0784 e. The van der Waals surface area contributed by atoms with Gasteiger partial charge in [0.1, 0.15) is 0 Å². The van der Waals surface area contributed by atoms with Gasteiger partial charge < -0.3 is 9.84 Å². The summed E-state index contributed by atoms with van der Waals surface area (Å²) in [7, 11) is 0. The Kier molecular flexibility index (Phi) is 6.05. The average Bonchev–Trinajstić information content (AvgIpc) is 2.41. The normalized spacial score (nSPS) is 21.7. The van der Waals surface area contributed by atoms with Crippen molar-refractivity contribution in [2.45, 2.75) is 43.6 Å². The Bertz CT molecular complexity index is 323. The molecule has 3 heteroatoms. The first-order valence-electron chi connectivity index (χ1n) is 6.76. The number of benzene rings is 1. The molecule has 1 fully saturated rings. The van der Waals surface area contributed by atoms with E-state index in [1.807, 2.05) is 42.1 Å². The van der Waals surface area contributed by atoms with Crippen molar-refractivity contribution >= 4 is 11.8 Å².